The van der Waals surface area contributed by atoms with Crippen LogP contribution in [-0.2, 0) is 27.7 Å². The van der Waals surface area contributed by atoms with E-state index in [1.165, 1.54) is 36.1 Å². The van der Waals surface area contributed by atoms with Gasteiger partial charge in [-0.15, -0.1) is 0 Å². The lowest BCUT2D eigenvalue weighted by molar-refractivity contribution is -0.123. The number of amides is 1. The van der Waals surface area contributed by atoms with Gasteiger partial charge in [0.15, 0.2) is 0 Å². The Morgan fingerprint density at radius 2 is 1.78 bits per heavy atom. The number of hydrogen-bond donors (Lipinski definition) is 1. The Hall–Kier alpha value is -2.12. The minimum absolute atomic E-state index is 0.155. The molecule has 8 heteroatoms. The van der Waals surface area contributed by atoms with Crippen LogP contribution in [0.1, 0.15) is 62.3 Å². The van der Waals surface area contributed by atoms with Crippen LogP contribution in [0.25, 0.3) is 0 Å². The number of nitrogens with zero attached hydrogens (tertiary/aromatic N) is 1. The molecule has 2 atom stereocenters. The quantitative estimate of drug-likeness (QED) is 0.566. The van der Waals surface area contributed by atoms with Gasteiger partial charge < -0.3 is 5.32 Å². The van der Waals surface area contributed by atoms with E-state index in [-0.39, 0.29) is 23.2 Å². The van der Waals surface area contributed by atoms with Crippen LogP contribution in [0, 0.1) is 5.82 Å². The minimum Gasteiger partial charge on any atom is -0.347 e. The Kier molecular flexibility index (Phi) is 7.83. The van der Waals surface area contributed by atoms with Crippen molar-refractivity contribution in [1.82, 2.24) is 5.32 Å². The molecule has 3 rings (SSSR count). The van der Waals surface area contributed by atoms with Crippen molar-refractivity contribution < 1.29 is 17.6 Å². The van der Waals surface area contributed by atoms with Gasteiger partial charge in [0.2, 0.25) is 15.9 Å². The molecule has 0 spiro atoms. The predicted molar refractivity (Wildman–Crippen MR) is 127 cm³/mol. The van der Waals surface area contributed by atoms with Crippen molar-refractivity contribution in [2.75, 3.05) is 10.6 Å². The van der Waals surface area contributed by atoms with Crippen LogP contribution in [0.5, 0.6) is 0 Å². The third-order valence-electron chi connectivity index (χ3n) is 5.99. The second-order valence-corrected chi connectivity index (χ2v) is 10.6. The van der Waals surface area contributed by atoms with Crippen LogP contribution in [0.15, 0.2) is 36.4 Å². The average molecular weight is 481 g/mol. The molecule has 0 aromatic heterocycles. The van der Waals surface area contributed by atoms with Crippen molar-refractivity contribution in [3.8, 4) is 0 Å². The maximum atomic E-state index is 13.6. The first-order valence-corrected chi connectivity index (χ1v) is 13.2. The summed E-state index contributed by atoms with van der Waals surface area (Å²) in [5.41, 5.74) is 3.87. The molecule has 0 aliphatic heterocycles. The number of rotatable bonds is 8. The van der Waals surface area contributed by atoms with Gasteiger partial charge in [-0.2, -0.15) is 0 Å². The smallest absolute Gasteiger partial charge is 0.244 e. The molecular weight excluding hydrogens is 451 g/mol. The first-order chi connectivity index (χ1) is 15.2. The fourth-order valence-electron chi connectivity index (χ4n) is 4.34. The standard InChI is InChI=1S/C24H30ClFN2O3S/c1-4-22(18-11-10-16-8-6-7-9-17(16)14-18)27-24(29)23(5-2)28(32(3,30)31)19-12-13-21(26)20(25)15-19/h10-15,22-23H,4-9H2,1-3H3,(H,27,29). The van der Waals surface area contributed by atoms with Crippen LogP contribution in [0.4, 0.5) is 10.1 Å². The second-order valence-electron chi connectivity index (χ2n) is 8.29. The zero-order valence-electron chi connectivity index (χ0n) is 18.7. The number of carbonyl (C=O) groups is 1. The van der Waals surface area contributed by atoms with E-state index in [9.17, 15) is 17.6 Å². The van der Waals surface area contributed by atoms with Gasteiger partial charge in [0.05, 0.1) is 23.0 Å². The summed E-state index contributed by atoms with van der Waals surface area (Å²) < 4.78 is 39.9. The van der Waals surface area contributed by atoms with Gasteiger partial charge in [0, 0.05) is 0 Å². The van der Waals surface area contributed by atoms with Gasteiger partial charge >= 0.3 is 0 Å². The summed E-state index contributed by atoms with van der Waals surface area (Å²) in [6, 6.07) is 8.78. The van der Waals surface area contributed by atoms with Gasteiger partial charge in [-0.25, -0.2) is 12.8 Å². The summed E-state index contributed by atoms with van der Waals surface area (Å²) in [5, 5.41) is 2.84. The van der Waals surface area contributed by atoms with Crippen molar-refractivity contribution in [1.29, 1.82) is 0 Å². The van der Waals surface area contributed by atoms with Crippen LogP contribution in [0.3, 0.4) is 0 Å². The van der Waals surface area contributed by atoms with Crippen LogP contribution >= 0.6 is 11.6 Å². The number of halogens is 2. The predicted octanol–water partition coefficient (Wildman–Crippen LogP) is 5.17. The zero-order chi connectivity index (χ0) is 23.5. The first kappa shape index (κ1) is 24.5. The van der Waals surface area contributed by atoms with Crippen molar-refractivity contribution in [3.05, 3.63) is 63.9 Å². The molecular formula is C24H30ClFN2O3S. The molecule has 0 bridgehead atoms. The van der Waals surface area contributed by atoms with Crippen LogP contribution in [0.2, 0.25) is 5.02 Å². The lowest BCUT2D eigenvalue weighted by Gasteiger charge is -2.31. The summed E-state index contributed by atoms with van der Waals surface area (Å²) in [6.45, 7) is 3.73. The largest absolute Gasteiger partial charge is 0.347 e. The fraction of sp³-hybridized carbons (Fsp3) is 0.458. The molecule has 2 aromatic carbocycles. The molecule has 0 saturated heterocycles. The summed E-state index contributed by atoms with van der Waals surface area (Å²) in [7, 11) is -3.83. The van der Waals surface area contributed by atoms with Crippen LogP contribution in [-0.4, -0.2) is 26.6 Å². The lowest BCUT2D eigenvalue weighted by Crippen LogP contribution is -2.50. The molecule has 1 amide bonds. The molecule has 0 fully saturated rings. The number of fused-ring (bicyclic) bond motifs is 1. The molecule has 1 aliphatic rings. The van der Waals surface area contributed by atoms with Gasteiger partial charge in [-0.1, -0.05) is 43.6 Å². The highest BCUT2D eigenvalue weighted by atomic mass is 35.5. The third-order valence-corrected chi connectivity index (χ3v) is 7.46. The maximum Gasteiger partial charge on any atom is 0.244 e. The fourth-order valence-corrected chi connectivity index (χ4v) is 5.72. The number of sulfonamides is 1. The summed E-state index contributed by atoms with van der Waals surface area (Å²) >= 11 is 5.88. The van der Waals surface area contributed by atoms with Gasteiger partial charge in [0.1, 0.15) is 11.9 Å². The van der Waals surface area contributed by atoms with E-state index in [1.54, 1.807) is 6.92 Å². The molecule has 2 aromatic rings. The molecule has 2 unspecified atom stereocenters. The molecule has 1 N–H and O–H groups in total. The third kappa shape index (κ3) is 5.44. The number of aryl methyl sites for hydroxylation is 2. The molecule has 32 heavy (non-hydrogen) atoms. The van der Waals surface area contributed by atoms with E-state index in [0.717, 1.165) is 35.0 Å². The lowest BCUT2D eigenvalue weighted by atomic mass is 9.88. The number of carbonyl (C=O) groups excluding carboxylic acids is 1. The summed E-state index contributed by atoms with van der Waals surface area (Å²) in [6.07, 6.45) is 6.44. The number of hydrogen-bond acceptors (Lipinski definition) is 3. The molecule has 1 aliphatic carbocycles. The zero-order valence-corrected chi connectivity index (χ0v) is 20.3. The van der Waals surface area contributed by atoms with E-state index in [1.807, 2.05) is 13.0 Å². The Morgan fingerprint density at radius 3 is 2.38 bits per heavy atom. The van der Waals surface area contributed by atoms with Gasteiger partial charge in [0.25, 0.3) is 0 Å². The molecule has 174 valence electrons. The van der Waals surface area contributed by atoms with Crippen molar-refractivity contribution in [2.45, 2.75) is 64.5 Å². The average Bonchev–Trinajstić information content (AvgIpc) is 2.76. The number of nitrogens with one attached hydrogen (secondary N) is 1. The first-order valence-electron chi connectivity index (χ1n) is 11.0. The maximum absolute atomic E-state index is 13.6. The number of anilines is 1. The van der Waals surface area contributed by atoms with Crippen molar-refractivity contribution in [3.63, 3.8) is 0 Å². The highest BCUT2D eigenvalue weighted by Gasteiger charge is 2.33. The van der Waals surface area contributed by atoms with Crippen LogP contribution < -0.4 is 9.62 Å². The molecule has 5 nitrogen and oxygen atoms in total. The normalized spacial score (nSPS) is 15.5. The highest BCUT2D eigenvalue weighted by molar-refractivity contribution is 7.92. The van der Waals surface area contributed by atoms with E-state index in [4.69, 9.17) is 11.6 Å². The van der Waals surface area contributed by atoms with Gasteiger partial charge in [-0.05, 0) is 73.4 Å². The number of benzene rings is 2. The Bertz CT molecular complexity index is 1090. The van der Waals surface area contributed by atoms with E-state index in [0.29, 0.717) is 6.42 Å². The molecule has 0 heterocycles. The Labute approximate surface area is 195 Å². The van der Waals surface area contributed by atoms with Crippen molar-refractivity contribution in [2.24, 2.45) is 0 Å². The van der Waals surface area contributed by atoms with Crippen molar-refractivity contribution >= 4 is 33.2 Å². The summed E-state index contributed by atoms with van der Waals surface area (Å²) in [4.78, 5) is 13.3. The molecule has 0 radical (unpaired) electrons. The van der Waals surface area contributed by atoms with E-state index >= 15 is 0 Å². The summed E-state index contributed by atoms with van der Waals surface area (Å²) in [5.74, 6) is -1.05. The van der Waals surface area contributed by atoms with Gasteiger partial charge in [-0.3, -0.25) is 9.10 Å². The topological polar surface area (TPSA) is 66.5 Å². The van der Waals surface area contributed by atoms with E-state index in [2.05, 4.69) is 17.4 Å². The minimum atomic E-state index is -3.83. The monoisotopic (exact) mass is 480 g/mol. The SMILES string of the molecule is CCC(NC(=O)C(CC)N(c1ccc(F)c(Cl)c1)S(C)(=O)=O)c1ccc2c(c1)CCCC2. The van der Waals surface area contributed by atoms with E-state index < -0.39 is 27.8 Å². The highest BCUT2D eigenvalue weighted by Crippen LogP contribution is 2.29. The Morgan fingerprint density at radius 1 is 1.09 bits per heavy atom. The Balaban J connectivity index is 1.89. The second kappa shape index (κ2) is 10.2. The molecule has 0 saturated carbocycles.